The van der Waals surface area contributed by atoms with E-state index in [-0.39, 0.29) is 23.8 Å². The van der Waals surface area contributed by atoms with Crippen LogP contribution in [-0.4, -0.2) is 46.2 Å². The van der Waals surface area contributed by atoms with E-state index in [2.05, 4.69) is 0 Å². The molecular weight excluding hydrogens is 246 g/mol. The number of aliphatic hydroxyl groups is 1. The van der Waals surface area contributed by atoms with Crippen molar-refractivity contribution < 1.29 is 19.8 Å². The van der Waals surface area contributed by atoms with Crippen LogP contribution in [0.15, 0.2) is 0 Å². The number of hydrogen-bond acceptors (Lipinski definition) is 3. The van der Waals surface area contributed by atoms with Gasteiger partial charge in [-0.1, -0.05) is 19.8 Å². The van der Waals surface area contributed by atoms with Crippen molar-refractivity contribution in [1.82, 2.24) is 4.90 Å². The van der Waals surface area contributed by atoms with Crippen LogP contribution in [0.3, 0.4) is 0 Å². The van der Waals surface area contributed by atoms with Gasteiger partial charge >= 0.3 is 5.97 Å². The molecule has 2 rings (SSSR count). The van der Waals surface area contributed by atoms with Crippen molar-refractivity contribution in [2.24, 2.45) is 17.8 Å². The van der Waals surface area contributed by atoms with Crippen LogP contribution >= 0.6 is 0 Å². The Hall–Kier alpha value is -1.10. The second-order valence-corrected chi connectivity index (χ2v) is 5.95. The average Bonchev–Trinajstić information content (AvgIpc) is 2.41. The van der Waals surface area contributed by atoms with Gasteiger partial charge in [0.2, 0.25) is 5.91 Å². The SMILES string of the molecule is CC1CN(C(=O)[C@@H]2CCCC[C@@H]2C(=O)O)CCC1O. The van der Waals surface area contributed by atoms with E-state index in [0.29, 0.717) is 32.4 Å². The van der Waals surface area contributed by atoms with Crippen molar-refractivity contribution in [3.05, 3.63) is 0 Å². The molecule has 1 amide bonds. The Balaban J connectivity index is 2.03. The number of carbonyl (C=O) groups excluding carboxylic acids is 1. The third-order valence-electron chi connectivity index (χ3n) is 4.57. The van der Waals surface area contributed by atoms with E-state index >= 15 is 0 Å². The van der Waals surface area contributed by atoms with Crippen LogP contribution < -0.4 is 0 Å². The lowest BCUT2D eigenvalue weighted by atomic mass is 9.78. The first kappa shape index (κ1) is 14.3. The van der Waals surface area contributed by atoms with Crippen molar-refractivity contribution >= 4 is 11.9 Å². The topological polar surface area (TPSA) is 77.8 Å². The molecule has 0 radical (unpaired) electrons. The Bertz CT molecular complexity index is 357. The summed E-state index contributed by atoms with van der Waals surface area (Å²) in [4.78, 5) is 25.5. The first-order chi connectivity index (χ1) is 9.00. The molecule has 1 saturated heterocycles. The molecule has 1 heterocycles. The lowest BCUT2D eigenvalue weighted by Crippen LogP contribution is -2.49. The van der Waals surface area contributed by atoms with E-state index in [1.807, 2.05) is 6.92 Å². The monoisotopic (exact) mass is 269 g/mol. The fourth-order valence-corrected chi connectivity index (χ4v) is 3.29. The van der Waals surface area contributed by atoms with Gasteiger partial charge < -0.3 is 15.1 Å². The molecule has 4 atom stereocenters. The molecular formula is C14H23NO4. The molecule has 2 N–H and O–H groups in total. The summed E-state index contributed by atoms with van der Waals surface area (Å²) in [5, 5.41) is 18.9. The summed E-state index contributed by atoms with van der Waals surface area (Å²) < 4.78 is 0. The van der Waals surface area contributed by atoms with Gasteiger partial charge in [-0.3, -0.25) is 9.59 Å². The fourth-order valence-electron chi connectivity index (χ4n) is 3.29. The number of carboxylic acids is 1. The molecule has 1 aliphatic heterocycles. The minimum Gasteiger partial charge on any atom is -0.481 e. The Morgan fingerprint density at radius 2 is 1.74 bits per heavy atom. The molecule has 2 unspecified atom stereocenters. The standard InChI is InChI=1S/C14H23NO4/c1-9-8-15(7-6-12(9)16)13(17)10-4-2-3-5-11(10)14(18)19/h9-12,16H,2-8H2,1H3,(H,18,19)/t9?,10-,11+,12?/m1/s1. The Labute approximate surface area is 113 Å². The fraction of sp³-hybridized carbons (Fsp3) is 0.857. The number of amides is 1. The van der Waals surface area contributed by atoms with Gasteiger partial charge in [0.05, 0.1) is 17.9 Å². The van der Waals surface area contributed by atoms with Crippen molar-refractivity contribution in [1.29, 1.82) is 0 Å². The summed E-state index contributed by atoms with van der Waals surface area (Å²) in [5.74, 6) is -1.68. The molecule has 0 bridgehead atoms. The number of carbonyl (C=O) groups is 2. The number of hydrogen-bond donors (Lipinski definition) is 2. The summed E-state index contributed by atoms with van der Waals surface area (Å²) in [6.45, 7) is 3.02. The van der Waals surface area contributed by atoms with E-state index in [9.17, 15) is 19.8 Å². The Morgan fingerprint density at radius 1 is 1.11 bits per heavy atom. The zero-order valence-corrected chi connectivity index (χ0v) is 11.4. The number of aliphatic hydroxyl groups excluding tert-OH is 1. The van der Waals surface area contributed by atoms with Crippen LogP contribution in [-0.2, 0) is 9.59 Å². The third-order valence-corrected chi connectivity index (χ3v) is 4.57. The number of aliphatic carboxylic acids is 1. The number of rotatable bonds is 2. The Morgan fingerprint density at radius 3 is 2.32 bits per heavy atom. The highest BCUT2D eigenvalue weighted by molar-refractivity contribution is 5.85. The van der Waals surface area contributed by atoms with Crippen molar-refractivity contribution in [2.75, 3.05) is 13.1 Å². The predicted octanol–water partition coefficient (Wildman–Crippen LogP) is 1.11. The summed E-state index contributed by atoms with van der Waals surface area (Å²) in [6.07, 6.45) is 3.38. The molecule has 0 aromatic carbocycles. The summed E-state index contributed by atoms with van der Waals surface area (Å²) in [5.41, 5.74) is 0. The first-order valence-electron chi connectivity index (χ1n) is 7.20. The van der Waals surface area contributed by atoms with Crippen LogP contribution in [0.2, 0.25) is 0 Å². The molecule has 108 valence electrons. The average molecular weight is 269 g/mol. The van der Waals surface area contributed by atoms with E-state index in [4.69, 9.17) is 0 Å². The van der Waals surface area contributed by atoms with Crippen LogP contribution in [0.1, 0.15) is 39.0 Å². The molecule has 5 heteroatoms. The highest BCUT2D eigenvalue weighted by Crippen LogP contribution is 2.32. The zero-order chi connectivity index (χ0) is 14.0. The summed E-state index contributed by atoms with van der Waals surface area (Å²) in [6, 6.07) is 0. The van der Waals surface area contributed by atoms with E-state index in [1.54, 1.807) is 4.90 Å². The lowest BCUT2D eigenvalue weighted by molar-refractivity contribution is -0.153. The molecule has 5 nitrogen and oxygen atoms in total. The normalized spacial score (nSPS) is 36.0. The molecule has 1 aliphatic carbocycles. The minimum atomic E-state index is -0.844. The van der Waals surface area contributed by atoms with Crippen LogP contribution in [0, 0.1) is 17.8 Å². The molecule has 2 fully saturated rings. The van der Waals surface area contributed by atoms with E-state index < -0.39 is 11.9 Å². The molecule has 0 aromatic rings. The van der Waals surface area contributed by atoms with Gasteiger partial charge in [0.1, 0.15) is 0 Å². The maximum atomic E-state index is 12.5. The molecule has 0 spiro atoms. The minimum absolute atomic E-state index is 0.0224. The van der Waals surface area contributed by atoms with Gasteiger partial charge in [-0.05, 0) is 25.2 Å². The van der Waals surface area contributed by atoms with Gasteiger partial charge in [-0.2, -0.15) is 0 Å². The summed E-state index contributed by atoms with van der Waals surface area (Å²) in [7, 11) is 0. The molecule has 1 saturated carbocycles. The quantitative estimate of drug-likeness (QED) is 0.787. The van der Waals surface area contributed by atoms with Crippen molar-refractivity contribution in [2.45, 2.75) is 45.1 Å². The highest BCUT2D eigenvalue weighted by atomic mass is 16.4. The number of nitrogens with zero attached hydrogens (tertiary/aromatic N) is 1. The van der Waals surface area contributed by atoms with Crippen molar-refractivity contribution in [3.8, 4) is 0 Å². The molecule has 0 aromatic heterocycles. The van der Waals surface area contributed by atoms with E-state index in [0.717, 1.165) is 12.8 Å². The zero-order valence-electron chi connectivity index (χ0n) is 11.4. The van der Waals surface area contributed by atoms with Crippen LogP contribution in [0.4, 0.5) is 0 Å². The van der Waals surface area contributed by atoms with Gasteiger partial charge in [-0.25, -0.2) is 0 Å². The molecule has 2 aliphatic rings. The van der Waals surface area contributed by atoms with Crippen LogP contribution in [0.5, 0.6) is 0 Å². The number of likely N-dealkylation sites (tertiary alicyclic amines) is 1. The van der Waals surface area contributed by atoms with Gasteiger partial charge in [0, 0.05) is 13.1 Å². The highest BCUT2D eigenvalue weighted by Gasteiger charge is 2.39. The third kappa shape index (κ3) is 3.08. The van der Waals surface area contributed by atoms with Gasteiger partial charge in [0.25, 0.3) is 0 Å². The van der Waals surface area contributed by atoms with Gasteiger partial charge in [0.15, 0.2) is 0 Å². The maximum Gasteiger partial charge on any atom is 0.307 e. The number of piperidine rings is 1. The van der Waals surface area contributed by atoms with Crippen LogP contribution in [0.25, 0.3) is 0 Å². The van der Waals surface area contributed by atoms with E-state index in [1.165, 1.54) is 0 Å². The second-order valence-electron chi connectivity index (χ2n) is 5.95. The second kappa shape index (κ2) is 5.90. The Kier molecular flexibility index (Phi) is 4.45. The maximum absolute atomic E-state index is 12.5. The molecule has 19 heavy (non-hydrogen) atoms. The largest absolute Gasteiger partial charge is 0.481 e. The smallest absolute Gasteiger partial charge is 0.307 e. The summed E-state index contributed by atoms with van der Waals surface area (Å²) >= 11 is 0. The van der Waals surface area contributed by atoms with Gasteiger partial charge in [-0.15, -0.1) is 0 Å². The number of carboxylic acid groups (broad SMARTS) is 1. The van der Waals surface area contributed by atoms with Crippen molar-refractivity contribution in [3.63, 3.8) is 0 Å². The first-order valence-corrected chi connectivity index (χ1v) is 7.20. The lowest BCUT2D eigenvalue weighted by Gasteiger charge is -2.38. The predicted molar refractivity (Wildman–Crippen MR) is 69.5 cm³/mol.